The lowest BCUT2D eigenvalue weighted by molar-refractivity contribution is -0.148. The topological polar surface area (TPSA) is 18.5 Å². The van der Waals surface area contributed by atoms with E-state index in [0.29, 0.717) is 0 Å². The summed E-state index contributed by atoms with van der Waals surface area (Å²) < 4.78 is 12.3. The van der Waals surface area contributed by atoms with Crippen molar-refractivity contribution < 1.29 is 9.47 Å². The Morgan fingerprint density at radius 1 is 0.625 bits per heavy atom. The summed E-state index contributed by atoms with van der Waals surface area (Å²) in [5.74, 6) is 5.79. The van der Waals surface area contributed by atoms with E-state index in [1.165, 1.54) is 109 Å². The molecule has 0 aromatic carbocycles. The number of unbranched alkanes of at least 4 members (excludes halogenated alkanes) is 15. The third-order valence-electron chi connectivity index (χ3n) is 5.80. The number of rotatable bonds is 24. The van der Waals surface area contributed by atoms with Crippen molar-refractivity contribution in [3.8, 4) is 11.8 Å². The standard InChI is InChI=1S/C30H54O2/c1-4-7-10-13-16-17-18-19-20-21-24-27-30(31-28-25-22-14-11-8-5-2)32-29-26-23-15-12-9-6-3/h4,13,16,30H,1,5-6,8-9,11-12,14-15,17-29H2,2-3H3/b16-13-. The van der Waals surface area contributed by atoms with Crippen LogP contribution >= 0.6 is 0 Å². The fourth-order valence-corrected chi connectivity index (χ4v) is 3.76. The number of ether oxygens (including phenoxy) is 2. The van der Waals surface area contributed by atoms with Crippen LogP contribution in [0.4, 0.5) is 0 Å². The molecule has 0 saturated carbocycles. The lowest BCUT2D eigenvalue weighted by Crippen LogP contribution is -2.19. The Labute approximate surface area is 201 Å². The molecule has 0 heterocycles. The predicted octanol–water partition coefficient (Wildman–Crippen LogP) is 9.54. The minimum Gasteiger partial charge on any atom is -0.353 e. The second-order valence-corrected chi connectivity index (χ2v) is 8.95. The van der Waals surface area contributed by atoms with Crippen molar-refractivity contribution in [3.05, 3.63) is 24.8 Å². The van der Waals surface area contributed by atoms with Crippen LogP contribution in [-0.4, -0.2) is 19.5 Å². The molecule has 0 aliphatic carbocycles. The van der Waals surface area contributed by atoms with Crippen molar-refractivity contribution in [1.29, 1.82) is 0 Å². The molecule has 0 aromatic rings. The molecule has 0 radical (unpaired) electrons. The molecule has 2 heteroatoms. The number of allylic oxidation sites excluding steroid dienone is 3. The Balaban J connectivity index is 3.89. The highest BCUT2D eigenvalue weighted by Crippen LogP contribution is 2.14. The molecule has 186 valence electrons. The summed E-state index contributed by atoms with van der Waals surface area (Å²) >= 11 is 0. The quantitative estimate of drug-likeness (QED) is 0.0834. The molecule has 0 atom stereocenters. The molecule has 0 spiro atoms. The zero-order valence-corrected chi connectivity index (χ0v) is 21.7. The molecule has 2 nitrogen and oxygen atoms in total. The van der Waals surface area contributed by atoms with Gasteiger partial charge in [-0.05, 0) is 50.7 Å². The molecule has 0 bridgehead atoms. The van der Waals surface area contributed by atoms with Crippen LogP contribution in [0.25, 0.3) is 0 Å². The van der Waals surface area contributed by atoms with Gasteiger partial charge in [-0.2, -0.15) is 0 Å². The van der Waals surface area contributed by atoms with Crippen molar-refractivity contribution in [1.82, 2.24) is 0 Å². The van der Waals surface area contributed by atoms with E-state index in [2.05, 4.69) is 38.3 Å². The van der Waals surface area contributed by atoms with Crippen molar-refractivity contribution in [2.75, 3.05) is 13.2 Å². The molecule has 0 N–H and O–H groups in total. The maximum atomic E-state index is 6.13. The van der Waals surface area contributed by atoms with Crippen molar-refractivity contribution in [3.63, 3.8) is 0 Å². The summed E-state index contributed by atoms with van der Waals surface area (Å²) in [4.78, 5) is 0. The summed E-state index contributed by atoms with van der Waals surface area (Å²) in [6.07, 6.45) is 29.9. The van der Waals surface area contributed by atoms with Gasteiger partial charge in [-0.15, -0.1) is 0 Å². The second kappa shape index (κ2) is 28.0. The zero-order chi connectivity index (χ0) is 23.4. The van der Waals surface area contributed by atoms with Crippen molar-refractivity contribution in [2.45, 2.75) is 142 Å². The largest absolute Gasteiger partial charge is 0.353 e. The molecule has 0 aliphatic rings. The first-order chi connectivity index (χ1) is 15.8. The fourth-order valence-electron chi connectivity index (χ4n) is 3.76. The van der Waals surface area contributed by atoms with E-state index in [0.717, 1.165) is 26.1 Å². The number of hydrogen-bond donors (Lipinski definition) is 0. The van der Waals surface area contributed by atoms with Gasteiger partial charge in [0.1, 0.15) is 0 Å². The van der Waals surface area contributed by atoms with Crippen molar-refractivity contribution >= 4 is 0 Å². The normalized spacial score (nSPS) is 11.2. The predicted molar refractivity (Wildman–Crippen MR) is 142 cm³/mol. The second-order valence-electron chi connectivity index (χ2n) is 8.95. The molecular formula is C30H54O2. The van der Waals surface area contributed by atoms with Crippen LogP contribution in [0.15, 0.2) is 24.8 Å². The van der Waals surface area contributed by atoms with Crippen LogP contribution < -0.4 is 0 Å². The zero-order valence-electron chi connectivity index (χ0n) is 21.7. The van der Waals surface area contributed by atoms with Gasteiger partial charge < -0.3 is 9.47 Å². The highest BCUT2D eigenvalue weighted by Gasteiger charge is 2.09. The Hall–Kier alpha value is -1.04. The lowest BCUT2D eigenvalue weighted by Gasteiger charge is -2.19. The minimum absolute atomic E-state index is 0.00708. The Morgan fingerprint density at radius 2 is 1.12 bits per heavy atom. The van der Waals surface area contributed by atoms with Gasteiger partial charge in [-0.25, -0.2) is 0 Å². The molecule has 32 heavy (non-hydrogen) atoms. The van der Waals surface area contributed by atoms with Gasteiger partial charge in [0.25, 0.3) is 0 Å². The van der Waals surface area contributed by atoms with Gasteiger partial charge in [0.15, 0.2) is 6.29 Å². The summed E-state index contributed by atoms with van der Waals surface area (Å²) in [7, 11) is 0. The minimum atomic E-state index is 0.00708. The van der Waals surface area contributed by atoms with Crippen molar-refractivity contribution in [2.24, 2.45) is 0 Å². The monoisotopic (exact) mass is 446 g/mol. The molecule has 0 rings (SSSR count). The van der Waals surface area contributed by atoms with E-state index < -0.39 is 0 Å². The van der Waals surface area contributed by atoms with Gasteiger partial charge in [0.2, 0.25) is 0 Å². The van der Waals surface area contributed by atoms with Crippen LogP contribution in [0.3, 0.4) is 0 Å². The molecule has 0 aliphatic heterocycles. The number of hydrogen-bond acceptors (Lipinski definition) is 2. The first-order valence-electron chi connectivity index (χ1n) is 13.8. The lowest BCUT2D eigenvalue weighted by atomic mass is 10.1. The van der Waals surface area contributed by atoms with E-state index in [4.69, 9.17) is 9.47 Å². The molecular weight excluding hydrogens is 392 g/mol. The van der Waals surface area contributed by atoms with Crippen LogP contribution in [0, 0.1) is 11.8 Å². The van der Waals surface area contributed by atoms with Crippen LogP contribution in [-0.2, 0) is 9.47 Å². The van der Waals surface area contributed by atoms with Gasteiger partial charge >= 0.3 is 0 Å². The first-order valence-corrected chi connectivity index (χ1v) is 13.8. The molecule has 0 saturated heterocycles. The Bertz CT molecular complexity index is 439. The molecule has 0 unspecified atom stereocenters. The van der Waals surface area contributed by atoms with E-state index in [9.17, 15) is 0 Å². The summed E-state index contributed by atoms with van der Waals surface area (Å²) in [6.45, 7) is 9.84. The van der Waals surface area contributed by atoms with Crippen LogP contribution in [0.2, 0.25) is 0 Å². The van der Waals surface area contributed by atoms with Crippen LogP contribution in [0.5, 0.6) is 0 Å². The van der Waals surface area contributed by atoms with Gasteiger partial charge in [0, 0.05) is 13.2 Å². The van der Waals surface area contributed by atoms with E-state index in [-0.39, 0.29) is 6.29 Å². The summed E-state index contributed by atoms with van der Waals surface area (Å²) in [5.41, 5.74) is 0. The third-order valence-corrected chi connectivity index (χ3v) is 5.80. The highest BCUT2D eigenvalue weighted by atomic mass is 16.7. The highest BCUT2D eigenvalue weighted by molar-refractivity contribution is 5.21. The van der Waals surface area contributed by atoms with Crippen LogP contribution in [0.1, 0.15) is 136 Å². The van der Waals surface area contributed by atoms with E-state index >= 15 is 0 Å². The molecule has 0 amide bonds. The molecule has 0 aromatic heterocycles. The van der Waals surface area contributed by atoms with E-state index in [1.807, 2.05) is 6.08 Å². The summed E-state index contributed by atoms with van der Waals surface area (Å²) in [6, 6.07) is 0. The summed E-state index contributed by atoms with van der Waals surface area (Å²) in [5, 5.41) is 0. The molecule has 0 fully saturated rings. The Kier molecular flexibility index (Phi) is 27.1. The average Bonchev–Trinajstić information content (AvgIpc) is 2.80. The smallest absolute Gasteiger partial charge is 0.157 e. The fraction of sp³-hybridized carbons (Fsp3) is 0.800. The SMILES string of the molecule is C=CC#C/C=C\CCCCCCCC(OCCCCCCCC)OCCCCCCCC. The van der Waals surface area contributed by atoms with Gasteiger partial charge in [-0.3, -0.25) is 0 Å². The van der Waals surface area contributed by atoms with Gasteiger partial charge in [-0.1, -0.05) is 122 Å². The first kappa shape index (κ1) is 31.0. The maximum absolute atomic E-state index is 6.13. The van der Waals surface area contributed by atoms with E-state index in [1.54, 1.807) is 6.08 Å². The average molecular weight is 447 g/mol. The Morgan fingerprint density at radius 3 is 1.69 bits per heavy atom. The maximum Gasteiger partial charge on any atom is 0.157 e. The van der Waals surface area contributed by atoms with Gasteiger partial charge in [0.05, 0.1) is 0 Å². The third kappa shape index (κ3) is 25.2.